The fourth-order valence-electron chi connectivity index (χ4n) is 2.47. The zero-order chi connectivity index (χ0) is 19.5. The summed E-state index contributed by atoms with van der Waals surface area (Å²) in [6, 6.07) is 15.6. The van der Waals surface area contributed by atoms with Crippen LogP contribution in [0.5, 0.6) is 5.75 Å². The number of carbonyl (C=O) groups is 2. The number of aromatic hydroxyl groups is 1. The number of phenols is 1. The van der Waals surface area contributed by atoms with Crippen LogP contribution in [-0.4, -0.2) is 29.7 Å². The Labute approximate surface area is 158 Å². The fourth-order valence-corrected chi connectivity index (χ4v) is 2.47. The van der Waals surface area contributed by atoms with Crippen LogP contribution in [0.3, 0.4) is 0 Å². The van der Waals surface area contributed by atoms with Crippen molar-refractivity contribution in [2.24, 2.45) is 5.73 Å². The second-order valence-electron chi connectivity index (χ2n) is 6.13. The molecule has 0 heterocycles. The van der Waals surface area contributed by atoms with Crippen molar-refractivity contribution in [2.45, 2.75) is 32.0 Å². The molecule has 0 aliphatic heterocycles. The molecular weight excluding hydrogens is 346 g/mol. The van der Waals surface area contributed by atoms with Gasteiger partial charge in [-0.1, -0.05) is 42.5 Å². The molecule has 0 saturated carbocycles. The number of rotatable bonds is 10. The Kier molecular flexibility index (Phi) is 8.12. The molecule has 27 heavy (non-hydrogen) atoms. The molecule has 2 aromatic rings. The molecule has 0 spiro atoms. The maximum atomic E-state index is 11.7. The van der Waals surface area contributed by atoms with Crippen LogP contribution in [0.1, 0.15) is 24.0 Å². The highest BCUT2D eigenvalue weighted by atomic mass is 16.5. The molecule has 7 nitrogen and oxygen atoms in total. The molecule has 0 aliphatic rings. The summed E-state index contributed by atoms with van der Waals surface area (Å²) in [4.78, 5) is 23.2. The van der Waals surface area contributed by atoms with Crippen LogP contribution in [0.2, 0.25) is 0 Å². The highest BCUT2D eigenvalue weighted by Crippen LogP contribution is 2.10. The minimum Gasteiger partial charge on any atom is -0.508 e. The summed E-state index contributed by atoms with van der Waals surface area (Å²) in [6.07, 6.45) is 0.578. The van der Waals surface area contributed by atoms with Gasteiger partial charge in [0.2, 0.25) is 5.91 Å². The molecular formula is C20H25N3O4. The topological polar surface area (TPSA) is 114 Å². The van der Waals surface area contributed by atoms with E-state index in [1.807, 2.05) is 30.3 Å². The lowest BCUT2D eigenvalue weighted by Crippen LogP contribution is -2.41. The van der Waals surface area contributed by atoms with E-state index in [2.05, 4.69) is 10.6 Å². The molecule has 0 unspecified atom stereocenters. The number of primary amides is 1. The minimum absolute atomic E-state index is 0.190. The van der Waals surface area contributed by atoms with E-state index >= 15 is 0 Å². The van der Waals surface area contributed by atoms with E-state index in [9.17, 15) is 14.7 Å². The Bertz CT molecular complexity index is 720. The maximum absolute atomic E-state index is 11.7. The third kappa shape index (κ3) is 7.79. The Morgan fingerprint density at radius 1 is 1.04 bits per heavy atom. The van der Waals surface area contributed by atoms with Crippen LogP contribution in [-0.2, 0) is 22.7 Å². The van der Waals surface area contributed by atoms with Gasteiger partial charge in [-0.25, -0.2) is 4.79 Å². The second kappa shape index (κ2) is 10.8. The summed E-state index contributed by atoms with van der Waals surface area (Å²) >= 11 is 0. The Balaban J connectivity index is 1.64. The van der Waals surface area contributed by atoms with Gasteiger partial charge >= 0.3 is 6.09 Å². The van der Waals surface area contributed by atoms with Crippen molar-refractivity contribution in [1.29, 1.82) is 0 Å². The SMILES string of the molecule is NC(=O)[C@@H](CCCNC(=O)OCc1ccccc1)NCc1ccc(O)cc1. The Morgan fingerprint density at radius 2 is 1.74 bits per heavy atom. The van der Waals surface area contributed by atoms with Crippen LogP contribution in [0.4, 0.5) is 4.79 Å². The molecule has 144 valence electrons. The summed E-state index contributed by atoms with van der Waals surface area (Å²) < 4.78 is 5.12. The van der Waals surface area contributed by atoms with Gasteiger partial charge in [0.05, 0.1) is 6.04 Å². The standard InChI is InChI=1S/C20H25N3O4/c21-19(25)18(23-13-15-8-10-17(24)11-9-15)7-4-12-22-20(26)27-14-16-5-2-1-3-6-16/h1-3,5-6,8-11,18,23-24H,4,7,12-14H2,(H2,21,25)(H,22,26)/t18-/m1/s1. The zero-order valence-electron chi connectivity index (χ0n) is 15.1. The number of carbonyl (C=O) groups excluding carboxylic acids is 2. The van der Waals surface area contributed by atoms with Crippen LogP contribution in [0, 0.1) is 0 Å². The van der Waals surface area contributed by atoms with Gasteiger partial charge in [0.15, 0.2) is 0 Å². The Hall–Kier alpha value is -3.06. The molecule has 2 amide bonds. The Morgan fingerprint density at radius 3 is 2.41 bits per heavy atom. The number of nitrogens with two attached hydrogens (primary N) is 1. The van der Waals surface area contributed by atoms with Crippen LogP contribution < -0.4 is 16.4 Å². The molecule has 0 fully saturated rings. The molecule has 2 aromatic carbocycles. The normalized spacial score (nSPS) is 11.6. The number of benzene rings is 2. The van der Waals surface area contributed by atoms with Crippen molar-refractivity contribution in [2.75, 3.05) is 6.54 Å². The summed E-state index contributed by atoms with van der Waals surface area (Å²) in [5.74, 6) is -0.254. The first kappa shape index (κ1) is 20.3. The lowest BCUT2D eigenvalue weighted by molar-refractivity contribution is -0.120. The highest BCUT2D eigenvalue weighted by Gasteiger charge is 2.14. The summed E-state index contributed by atoms with van der Waals surface area (Å²) in [5, 5.41) is 15.0. The van der Waals surface area contributed by atoms with E-state index in [1.165, 1.54) is 0 Å². The smallest absolute Gasteiger partial charge is 0.407 e. The number of alkyl carbamates (subject to hydrolysis) is 1. The number of ether oxygens (including phenoxy) is 1. The summed E-state index contributed by atoms with van der Waals surface area (Å²) in [5.41, 5.74) is 7.27. The first-order valence-electron chi connectivity index (χ1n) is 8.80. The zero-order valence-corrected chi connectivity index (χ0v) is 15.1. The third-order valence-electron chi connectivity index (χ3n) is 3.98. The monoisotopic (exact) mass is 371 g/mol. The average molecular weight is 371 g/mol. The van der Waals surface area contributed by atoms with Crippen LogP contribution in [0.15, 0.2) is 54.6 Å². The van der Waals surface area contributed by atoms with E-state index in [4.69, 9.17) is 10.5 Å². The quantitative estimate of drug-likeness (QED) is 0.477. The lowest BCUT2D eigenvalue weighted by atomic mass is 10.1. The van der Waals surface area contributed by atoms with Crippen molar-refractivity contribution >= 4 is 12.0 Å². The molecule has 0 saturated heterocycles. The van der Waals surface area contributed by atoms with Crippen LogP contribution >= 0.6 is 0 Å². The lowest BCUT2D eigenvalue weighted by Gasteiger charge is -2.15. The summed E-state index contributed by atoms with van der Waals surface area (Å²) in [6.45, 7) is 1.06. The van der Waals surface area contributed by atoms with Gasteiger partial charge in [-0.15, -0.1) is 0 Å². The molecule has 5 N–H and O–H groups in total. The van der Waals surface area contributed by atoms with E-state index < -0.39 is 18.0 Å². The van der Waals surface area contributed by atoms with Crippen molar-refractivity contribution in [3.05, 3.63) is 65.7 Å². The van der Waals surface area contributed by atoms with Gasteiger partial charge in [-0.2, -0.15) is 0 Å². The van der Waals surface area contributed by atoms with Gasteiger partial charge < -0.3 is 26.2 Å². The van der Waals surface area contributed by atoms with Crippen molar-refractivity contribution < 1.29 is 19.4 Å². The molecule has 0 aromatic heterocycles. The van der Waals surface area contributed by atoms with Gasteiger partial charge in [0, 0.05) is 13.1 Å². The van der Waals surface area contributed by atoms with Gasteiger partial charge in [-0.05, 0) is 36.1 Å². The van der Waals surface area contributed by atoms with Gasteiger partial charge in [0.1, 0.15) is 12.4 Å². The van der Waals surface area contributed by atoms with Gasteiger partial charge in [0.25, 0.3) is 0 Å². The largest absolute Gasteiger partial charge is 0.508 e. The van der Waals surface area contributed by atoms with Crippen LogP contribution in [0.25, 0.3) is 0 Å². The first-order valence-corrected chi connectivity index (χ1v) is 8.80. The van der Waals surface area contributed by atoms with Crippen molar-refractivity contribution in [3.8, 4) is 5.75 Å². The predicted octanol–water partition coefficient (Wildman–Crippen LogP) is 2.04. The summed E-state index contributed by atoms with van der Waals surface area (Å²) in [7, 11) is 0. The fraction of sp³-hybridized carbons (Fsp3) is 0.300. The predicted molar refractivity (Wildman–Crippen MR) is 102 cm³/mol. The minimum atomic E-state index is -0.499. The second-order valence-corrected chi connectivity index (χ2v) is 6.13. The van der Waals surface area contributed by atoms with Gasteiger partial charge in [-0.3, -0.25) is 4.79 Å². The molecule has 0 bridgehead atoms. The number of hydrogen-bond donors (Lipinski definition) is 4. The van der Waals surface area contributed by atoms with E-state index in [0.717, 1.165) is 11.1 Å². The van der Waals surface area contributed by atoms with E-state index in [-0.39, 0.29) is 12.4 Å². The van der Waals surface area contributed by atoms with E-state index in [1.54, 1.807) is 24.3 Å². The van der Waals surface area contributed by atoms with E-state index in [0.29, 0.717) is 25.9 Å². The highest BCUT2D eigenvalue weighted by molar-refractivity contribution is 5.79. The van der Waals surface area contributed by atoms with Crippen molar-refractivity contribution in [3.63, 3.8) is 0 Å². The number of amides is 2. The molecule has 2 rings (SSSR count). The molecule has 0 radical (unpaired) electrons. The maximum Gasteiger partial charge on any atom is 0.407 e. The third-order valence-corrected chi connectivity index (χ3v) is 3.98. The molecule has 1 atom stereocenters. The number of phenolic OH excluding ortho intramolecular Hbond substituents is 1. The average Bonchev–Trinajstić information content (AvgIpc) is 2.67. The van der Waals surface area contributed by atoms with Crippen molar-refractivity contribution in [1.82, 2.24) is 10.6 Å². The molecule has 7 heteroatoms. The number of hydrogen-bond acceptors (Lipinski definition) is 5. The molecule has 0 aliphatic carbocycles. The number of nitrogens with one attached hydrogen (secondary N) is 2. The first-order chi connectivity index (χ1) is 13.0.